The van der Waals surface area contributed by atoms with Crippen LogP contribution in [0.2, 0.25) is 0 Å². The molecule has 0 atom stereocenters. The van der Waals surface area contributed by atoms with E-state index in [2.05, 4.69) is 17.2 Å². The summed E-state index contributed by atoms with van der Waals surface area (Å²) >= 11 is 1.57. The zero-order chi connectivity index (χ0) is 12.7. The molecule has 5 heteroatoms. The van der Waals surface area contributed by atoms with Crippen molar-refractivity contribution in [3.05, 3.63) is 21.9 Å². The maximum absolute atomic E-state index is 11.5. The summed E-state index contributed by atoms with van der Waals surface area (Å²) in [5.74, 6) is 5.79. The predicted molar refractivity (Wildman–Crippen MR) is 70.8 cm³/mol. The van der Waals surface area contributed by atoms with Gasteiger partial charge >= 0.3 is 6.03 Å². The quantitative estimate of drug-likeness (QED) is 0.794. The molecule has 17 heavy (non-hydrogen) atoms. The number of amides is 2. The Morgan fingerprint density at radius 3 is 3.06 bits per heavy atom. The first-order valence-electron chi connectivity index (χ1n) is 5.42. The number of hydrogen-bond acceptors (Lipinski definition) is 3. The molecule has 1 rings (SSSR count). The van der Waals surface area contributed by atoms with E-state index in [0.717, 1.165) is 10.4 Å². The van der Waals surface area contributed by atoms with Crippen LogP contribution in [0.3, 0.4) is 0 Å². The van der Waals surface area contributed by atoms with Gasteiger partial charge in [-0.25, -0.2) is 4.79 Å². The van der Waals surface area contributed by atoms with Crippen molar-refractivity contribution in [2.24, 2.45) is 5.73 Å². The fourth-order valence-corrected chi connectivity index (χ4v) is 2.07. The van der Waals surface area contributed by atoms with E-state index < -0.39 is 0 Å². The normalized spacial score (nSPS) is 9.35. The van der Waals surface area contributed by atoms with Gasteiger partial charge in [-0.05, 0) is 23.9 Å². The lowest BCUT2D eigenvalue weighted by Gasteiger charge is -2.16. The molecule has 0 saturated heterocycles. The predicted octanol–water partition coefficient (Wildman–Crippen LogP) is 1.22. The average Bonchev–Trinajstić information content (AvgIpc) is 2.74. The summed E-state index contributed by atoms with van der Waals surface area (Å²) in [6, 6.07) is 1.93. The highest BCUT2D eigenvalue weighted by Gasteiger charge is 2.08. The smallest absolute Gasteiger partial charge is 0.317 e. The van der Waals surface area contributed by atoms with Gasteiger partial charge in [-0.3, -0.25) is 0 Å². The minimum atomic E-state index is -0.0618. The molecular weight excluding hydrogens is 234 g/mol. The molecule has 92 valence electrons. The molecule has 1 aromatic rings. The van der Waals surface area contributed by atoms with Crippen LogP contribution in [-0.2, 0) is 6.54 Å². The van der Waals surface area contributed by atoms with Gasteiger partial charge in [-0.2, -0.15) is 0 Å². The minimum Gasteiger partial charge on any atom is -0.338 e. The third-order valence-corrected chi connectivity index (χ3v) is 2.96. The molecule has 1 aromatic heterocycles. The Hall–Kier alpha value is -1.51. The molecule has 0 aliphatic heterocycles. The van der Waals surface area contributed by atoms with Crippen molar-refractivity contribution in [3.63, 3.8) is 0 Å². The Morgan fingerprint density at radius 2 is 2.41 bits per heavy atom. The molecule has 0 radical (unpaired) electrons. The number of thiophene rings is 1. The van der Waals surface area contributed by atoms with E-state index in [-0.39, 0.29) is 6.03 Å². The van der Waals surface area contributed by atoms with Crippen LogP contribution in [0.4, 0.5) is 4.79 Å². The molecule has 0 aromatic carbocycles. The van der Waals surface area contributed by atoms with E-state index in [4.69, 9.17) is 5.73 Å². The van der Waals surface area contributed by atoms with Crippen LogP contribution in [-0.4, -0.2) is 31.1 Å². The highest BCUT2D eigenvalue weighted by Crippen LogP contribution is 2.14. The van der Waals surface area contributed by atoms with Crippen LogP contribution in [0.1, 0.15) is 17.4 Å². The first-order valence-corrected chi connectivity index (χ1v) is 6.30. The summed E-state index contributed by atoms with van der Waals surface area (Å²) in [6.07, 6.45) is 0. The molecule has 2 amide bonds. The van der Waals surface area contributed by atoms with E-state index in [1.807, 2.05) is 18.4 Å². The summed E-state index contributed by atoms with van der Waals surface area (Å²) in [7, 11) is 1.77. The van der Waals surface area contributed by atoms with Crippen LogP contribution in [0.5, 0.6) is 0 Å². The van der Waals surface area contributed by atoms with Crippen molar-refractivity contribution in [2.45, 2.75) is 13.5 Å². The second-order valence-electron chi connectivity index (χ2n) is 3.52. The van der Waals surface area contributed by atoms with Gasteiger partial charge in [0.1, 0.15) is 0 Å². The summed E-state index contributed by atoms with van der Waals surface area (Å²) in [4.78, 5) is 14.1. The number of nitrogens with two attached hydrogens (primary N) is 1. The molecule has 0 saturated carbocycles. The lowest BCUT2D eigenvalue weighted by atomic mass is 10.3. The number of rotatable bonds is 3. The first kappa shape index (κ1) is 13.6. The number of carbonyl (C=O) groups is 1. The van der Waals surface area contributed by atoms with Crippen molar-refractivity contribution in [1.29, 1.82) is 0 Å². The monoisotopic (exact) mass is 251 g/mol. The summed E-state index contributed by atoms with van der Waals surface area (Å²) < 4.78 is 0. The molecule has 0 aliphatic rings. The maximum atomic E-state index is 11.5. The van der Waals surface area contributed by atoms with Crippen molar-refractivity contribution in [1.82, 2.24) is 10.2 Å². The van der Waals surface area contributed by atoms with Gasteiger partial charge in [0.2, 0.25) is 0 Å². The number of urea groups is 1. The maximum Gasteiger partial charge on any atom is 0.317 e. The van der Waals surface area contributed by atoms with Gasteiger partial charge in [0.25, 0.3) is 0 Å². The molecule has 0 aliphatic carbocycles. The lowest BCUT2D eigenvalue weighted by molar-refractivity contribution is 0.207. The van der Waals surface area contributed by atoms with Crippen LogP contribution in [0.15, 0.2) is 11.4 Å². The fourth-order valence-electron chi connectivity index (χ4n) is 1.29. The molecule has 3 N–H and O–H groups in total. The van der Waals surface area contributed by atoms with E-state index in [1.165, 1.54) is 0 Å². The lowest BCUT2D eigenvalue weighted by Crippen LogP contribution is -2.36. The highest BCUT2D eigenvalue weighted by atomic mass is 32.1. The zero-order valence-corrected chi connectivity index (χ0v) is 10.9. The van der Waals surface area contributed by atoms with Crippen LogP contribution in [0.25, 0.3) is 0 Å². The van der Waals surface area contributed by atoms with E-state index in [9.17, 15) is 4.79 Å². The van der Waals surface area contributed by atoms with Gasteiger partial charge in [-0.15, -0.1) is 11.3 Å². The van der Waals surface area contributed by atoms with Gasteiger partial charge in [0.05, 0.1) is 11.4 Å². The SMILES string of the molecule is CCNC(=O)N(C)Cc1csc(C#CCN)c1. The number of hydrogen-bond donors (Lipinski definition) is 2. The molecule has 0 fully saturated rings. The van der Waals surface area contributed by atoms with E-state index >= 15 is 0 Å². The molecular formula is C12H17N3OS. The summed E-state index contributed by atoms with van der Waals surface area (Å²) in [5.41, 5.74) is 6.39. The number of nitrogens with zero attached hydrogens (tertiary/aromatic N) is 1. The van der Waals surface area contributed by atoms with Gasteiger partial charge < -0.3 is 16.0 Å². The Labute approximate surface area is 106 Å². The van der Waals surface area contributed by atoms with E-state index in [1.54, 1.807) is 23.3 Å². The van der Waals surface area contributed by atoms with Gasteiger partial charge in [0, 0.05) is 20.1 Å². The summed E-state index contributed by atoms with van der Waals surface area (Å²) in [5, 5.41) is 4.76. The second-order valence-corrected chi connectivity index (χ2v) is 4.43. The summed E-state index contributed by atoms with van der Waals surface area (Å²) in [6.45, 7) is 3.50. The van der Waals surface area contributed by atoms with Crippen molar-refractivity contribution in [3.8, 4) is 11.8 Å². The Morgan fingerprint density at radius 1 is 1.65 bits per heavy atom. The van der Waals surface area contributed by atoms with Crippen LogP contribution < -0.4 is 11.1 Å². The third kappa shape index (κ3) is 4.47. The molecule has 0 spiro atoms. The second kappa shape index (κ2) is 6.94. The molecule has 0 bridgehead atoms. The van der Waals surface area contributed by atoms with Gasteiger partial charge in [-0.1, -0.05) is 11.8 Å². The van der Waals surface area contributed by atoms with Crippen molar-refractivity contribution in [2.75, 3.05) is 20.1 Å². The standard InChI is InChI=1S/C12H17N3OS/c1-3-14-12(16)15(2)8-10-7-11(17-9-10)5-4-6-13/h7,9H,3,6,8,13H2,1-2H3,(H,14,16). The minimum absolute atomic E-state index is 0.0618. The molecule has 4 nitrogen and oxygen atoms in total. The number of nitrogens with one attached hydrogen (secondary N) is 1. The third-order valence-electron chi connectivity index (χ3n) is 2.06. The Kier molecular flexibility index (Phi) is 5.53. The topological polar surface area (TPSA) is 58.4 Å². The largest absolute Gasteiger partial charge is 0.338 e. The van der Waals surface area contributed by atoms with Gasteiger partial charge in [0.15, 0.2) is 0 Å². The first-order chi connectivity index (χ1) is 8.17. The van der Waals surface area contributed by atoms with Crippen LogP contribution in [0, 0.1) is 11.8 Å². The van der Waals surface area contributed by atoms with Crippen LogP contribution >= 0.6 is 11.3 Å². The molecule has 1 heterocycles. The zero-order valence-electron chi connectivity index (χ0n) is 10.1. The average molecular weight is 251 g/mol. The van der Waals surface area contributed by atoms with Crippen molar-refractivity contribution >= 4 is 17.4 Å². The van der Waals surface area contributed by atoms with E-state index in [0.29, 0.717) is 19.6 Å². The molecule has 0 unspecified atom stereocenters. The fraction of sp³-hybridized carbons (Fsp3) is 0.417. The van der Waals surface area contributed by atoms with Crippen molar-refractivity contribution < 1.29 is 4.79 Å². The Balaban J connectivity index is 2.57. The highest BCUT2D eigenvalue weighted by molar-refractivity contribution is 7.10. The number of carbonyl (C=O) groups excluding carboxylic acids is 1. The Bertz CT molecular complexity index is 430.